The number of hydrogen-bond acceptors (Lipinski definition) is 2. The molecule has 1 fully saturated rings. The molecule has 1 aliphatic rings. The second-order valence-electron chi connectivity index (χ2n) is 4.50. The molecule has 1 heterocycles. The molecule has 0 aromatic heterocycles. The summed E-state index contributed by atoms with van der Waals surface area (Å²) in [6, 6.07) is 6.15. The molecule has 2 N–H and O–H groups in total. The molecule has 88 valence electrons. The van der Waals surface area contributed by atoms with Crippen molar-refractivity contribution < 1.29 is 0 Å². The van der Waals surface area contributed by atoms with Gasteiger partial charge in [0.2, 0.25) is 0 Å². The van der Waals surface area contributed by atoms with Gasteiger partial charge in [-0.2, -0.15) is 0 Å². The highest BCUT2D eigenvalue weighted by Crippen LogP contribution is 2.31. The van der Waals surface area contributed by atoms with Crippen LogP contribution >= 0.6 is 11.6 Å². The molecule has 1 unspecified atom stereocenters. The SMILES string of the molecule is CCC1CCN(c2ccc(CN)cc2Cl)C1. The van der Waals surface area contributed by atoms with Gasteiger partial charge in [-0.1, -0.05) is 31.0 Å². The van der Waals surface area contributed by atoms with Crippen LogP contribution in [0.4, 0.5) is 5.69 Å². The van der Waals surface area contributed by atoms with Crippen LogP contribution in [-0.2, 0) is 6.54 Å². The van der Waals surface area contributed by atoms with Crippen molar-refractivity contribution in [3.05, 3.63) is 28.8 Å². The summed E-state index contributed by atoms with van der Waals surface area (Å²) in [6.07, 6.45) is 2.54. The number of benzene rings is 1. The summed E-state index contributed by atoms with van der Waals surface area (Å²) in [4.78, 5) is 2.39. The van der Waals surface area contributed by atoms with Crippen molar-refractivity contribution in [2.45, 2.75) is 26.3 Å². The van der Waals surface area contributed by atoms with Crippen LogP contribution in [0.5, 0.6) is 0 Å². The summed E-state index contributed by atoms with van der Waals surface area (Å²) in [5, 5.41) is 0.833. The maximum absolute atomic E-state index is 6.28. The van der Waals surface area contributed by atoms with Gasteiger partial charge in [-0.25, -0.2) is 0 Å². The number of halogens is 1. The lowest BCUT2D eigenvalue weighted by Gasteiger charge is -2.20. The predicted octanol–water partition coefficient (Wildman–Crippen LogP) is 3.04. The van der Waals surface area contributed by atoms with E-state index in [-0.39, 0.29) is 0 Å². The van der Waals surface area contributed by atoms with E-state index in [1.807, 2.05) is 6.07 Å². The van der Waals surface area contributed by atoms with E-state index in [2.05, 4.69) is 24.0 Å². The predicted molar refractivity (Wildman–Crippen MR) is 70.0 cm³/mol. The van der Waals surface area contributed by atoms with Gasteiger partial charge in [0, 0.05) is 19.6 Å². The standard InChI is InChI=1S/C13H19ClN2/c1-2-10-5-6-16(9-10)13-4-3-11(8-15)7-12(13)14/h3-4,7,10H,2,5-6,8-9,15H2,1H3. The normalized spacial score (nSPS) is 20.4. The van der Waals surface area contributed by atoms with E-state index in [9.17, 15) is 0 Å². The van der Waals surface area contributed by atoms with E-state index in [0.717, 1.165) is 35.3 Å². The van der Waals surface area contributed by atoms with Crippen LogP contribution in [0.25, 0.3) is 0 Å². The number of nitrogens with zero attached hydrogens (tertiary/aromatic N) is 1. The topological polar surface area (TPSA) is 29.3 Å². The highest BCUT2D eigenvalue weighted by Gasteiger charge is 2.22. The molecule has 0 bridgehead atoms. The van der Waals surface area contributed by atoms with Crippen molar-refractivity contribution in [2.24, 2.45) is 11.7 Å². The minimum atomic E-state index is 0.553. The first-order valence-corrected chi connectivity index (χ1v) is 6.35. The smallest absolute Gasteiger partial charge is 0.0642 e. The summed E-state index contributed by atoms with van der Waals surface area (Å²) < 4.78 is 0. The van der Waals surface area contributed by atoms with Gasteiger partial charge in [0.25, 0.3) is 0 Å². The average Bonchev–Trinajstić information content (AvgIpc) is 2.77. The zero-order valence-electron chi connectivity index (χ0n) is 9.75. The molecular formula is C13H19ClN2. The molecule has 1 aliphatic heterocycles. The van der Waals surface area contributed by atoms with Crippen molar-refractivity contribution in [2.75, 3.05) is 18.0 Å². The Kier molecular flexibility index (Phi) is 3.72. The first-order valence-electron chi connectivity index (χ1n) is 5.98. The molecule has 16 heavy (non-hydrogen) atoms. The first kappa shape index (κ1) is 11.7. The van der Waals surface area contributed by atoms with Crippen LogP contribution in [0.2, 0.25) is 5.02 Å². The van der Waals surface area contributed by atoms with Crippen LogP contribution in [0.1, 0.15) is 25.3 Å². The number of anilines is 1. The Hall–Kier alpha value is -0.730. The van der Waals surface area contributed by atoms with Gasteiger partial charge in [-0.3, -0.25) is 0 Å². The van der Waals surface area contributed by atoms with E-state index < -0.39 is 0 Å². The van der Waals surface area contributed by atoms with Gasteiger partial charge < -0.3 is 10.6 Å². The van der Waals surface area contributed by atoms with E-state index in [1.54, 1.807) is 0 Å². The van der Waals surface area contributed by atoms with E-state index in [0.29, 0.717) is 6.54 Å². The first-order chi connectivity index (χ1) is 7.74. The second-order valence-corrected chi connectivity index (χ2v) is 4.91. The molecule has 1 saturated heterocycles. The summed E-state index contributed by atoms with van der Waals surface area (Å²) in [6.45, 7) is 5.07. The second kappa shape index (κ2) is 5.07. The quantitative estimate of drug-likeness (QED) is 0.877. The van der Waals surface area contributed by atoms with Gasteiger partial charge in [-0.15, -0.1) is 0 Å². The van der Waals surface area contributed by atoms with Crippen LogP contribution in [0.15, 0.2) is 18.2 Å². The third-order valence-corrected chi connectivity index (χ3v) is 3.75. The highest BCUT2D eigenvalue weighted by molar-refractivity contribution is 6.33. The summed E-state index contributed by atoms with van der Waals surface area (Å²) in [5.74, 6) is 0.824. The fourth-order valence-corrected chi connectivity index (χ4v) is 2.64. The van der Waals surface area contributed by atoms with Crippen molar-refractivity contribution in [3.8, 4) is 0 Å². The molecule has 0 aliphatic carbocycles. The lowest BCUT2D eigenvalue weighted by molar-refractivity contribution is 0.569. The van der Waals surface area contributed by atoms with Crippen molar-refractivity contribution in [3.63, 3.8) is 0 Å². The molecule has 1 aromatic carbocycles. The van der Waals surface area contributed by atoms with Gasteiger partial charge in [0.1, 0.15) is 0 Å². The monoisotopic (exact) mass is 238 g/mol. The van der Waals surface area contributed by atoms with E-state index >= 15 is 0 Å². The fraction of sp³-hybridized carbons (Fsp3) is 0.538. The molecule has 1 atom stereocenters. The number of nitrogens with two attached hydrogens (primary N) is 1. The Morgan fingerprint density at radius 2 is 2.31 bits per heavy atom. The number of rotatable bonds is 3. The maximum Gasteiger partial charge on any atom is 0.0642 e. The molecule has 2 nitrogen and oxygen atoms in total. The highest BCUT2D eigenvalue weighted by atomic mass is 35.5. The Morgan fingerprint density at radius 1 is 1.50 bits per heavy atom. The summed E-state index contributed by atoms with van der Waals surface area (Å²) >= 11 is 6.28. The minimum Gasteiger partial charge on any atom is -0.370 e. The van der Waals surface area contributed by atoms with Gasteiger partial charge >= 0.3 is 0 Å². The van der Waals surface area contributed by atoms with Crippen LogP contribution < -0.4 is 10.6 Å². The molecule has 0 radical (unpaired) electrons. The lowest BCUT2D eigenvalue weighted by Crippen LogP contribution is -2.19. The molecule has 1 aromatic rings. The molecule has 3 heteroatoms. The van der Waals surface area contributed by atoms with Crippen LogP contribution in [-0.4, -0.2) is 13.1 Å². The molecule has 0 saturated carbocycles. The van der Waals surface area contributed by atoms with Gasteiger partial charge in [0.05, 0.1) is 10.7 Å². The van der Waals surface area contributed by atoms with Gasteiger partial charge in [-0.05, 0) is 30.0 Å². The van der Waals surface area contributed by atoms with Crippen molar-refractivity contribution >= 4 is 17.3 Å². The Bertz CT molecular complexity index is 365. The Morgan fingerprint density at radius 3 is 2.88 bits per heavy atom. The summed E-state index contributed by atoms with van der Waals surface area (Å²) in [7, 11) is 0. The molecule has 0 spiro atoms. The lowest BCUT2D eigenvalue weighted by atomic mass is 10.1. The van der Waals surface area contributed by atoms with Gasteiger partial charge in [0.15, 0.2) is 0 Å². The van der Waals surface area contributed by atoms with Crippen molar-refractivity contribution in [1.29, 1.82) is 0 Å². The molecule has 0 amide bonds. The van der Waals surface area contributed by atoms with Crippen LogP contribution in [0.3, 0.4) is 0 Å². The zero-order chi connectivity index (χ0) is 11.5. The molecule has 2 rings (SSSR count). The fourth-order valence-electron chi connectivity index (χ4n) is 2.32. The Balaban J connectivity index is 2.15. The maximum atomic E-state index is 6.28. The van der Waals surface area contributed by atoms with E-state index in [4.69, 9.17) is 17.3 Å². The Labute approximate surface area is 102 Å². The largest absolute Gasteiger partial charge is 0.370 e. The molecular weight excluding hydrogens is 220 g/mol. The summed E-state index contributed by atoms with van der Waals surface area (Å²) in [5.41, 5.74) is 7.85. The third-order valence-electron chi connectivity index (χ3n) is 3.45. The average molecular weight is 239 g/mol. The minimum absolute atomic E-state index is 0.553. The van der Waals surface area contributed by atoms with Crippen LogP contribution in [0, 0.1) is 5.92 Å². The third kappa shape index (κ3) is 2.33. The van der Waals surface area contributed by atoms with E-state index in [1.165, 1.54) is 12.8 Å². The van der Waals surface area contributed by atoms with Crippen molar-refractivity contribution in [1.82, 2.24) is 0 Å². The number of hydrogen-bond donors (Lipinski definition) is 1. The zero-order valence-corrected chi connectivity index (χ0v) is 10.5.